The Morgan fingerprint density at radius 3 is 2.29 bits per heavy atom. The predicted molar refractivity (Wildman–Crippen MR) is 94.6 cm³/mol. The van der Waals surface area contributed by atoms with Crippen LogP contribution in [0.4, 0.5) is 5.69 Å². The molecule has 0 bridgehead atoms. The Kier molecular flexibility index (Phi) is 5.68. The molecule has 0 aliphatic rings. The van der Waals surface area contributed by atoms with Crippen LogP contribution in [0.25, 0.3) is 0 Å². The number of amides is 2. The highest BCUT2D eigenvalue weighted by Crippen LogP contribution is 2.19. The first-order chi connectivity index (χ1) is 11.4. The maximum Gasteiger partial charge on any atom is 0.233 e. The molecule has 1 aromatic heterocycles. The standard InChI is InChI=1S/C19H23N3O2/c1-13-9-14(2)11-17(10-13)21-18(23)12-19(24)22(4)15(3)16-5-7-20-8-6-16/h5-11,15H,12H2,1-4H3,(H,21,23)/t15-/m0/s1. The third-order valence-corrected chi connectivity index (χ3v) is 3.98. The predicted octanol–water partition coefficient (Wildman–Crippen LogP) is 3.25. The number of hydrogen-bond acceptors (Lipinski definition) is 3. The summed E-state index contributed by atoms with van der Waals surface area (Å²) in [6.45, 7) is 5.87. The molecule has 5 nitrogen and oxygen atoms in total. The first-order valence-electron chi connectivity index (χ1n) is 7.90. The van der Waals surface area contributed by atoms with Gasteiger partial charge in [0.25, 0.3) is 0 Å². The number of carbonyl (C=O) groups excluding carboxylic acids is 2. The fraction of sp³-hybridized carbons (Fsp3) is 0.316. The quantitative estimate of drug-likeness (QED) is 0.858. The van der Waals surface area contributed by atoms with Crippen LogP contribution in [0.5, 0.6) is 0 Å². The zero-order valence-corrected chi connectivity index (χ0v) is 14.5. The van der Waals surface area contributed by atoms with Crippen LogP contribution in [0, 0.1) is 13.8 Å². The van der Waals surface area contributed by atoms with Gasteiger partial charge in [-0.2, -0.15) is 0 Å². The molecule has 0 aliphatic carbocycles. The number of carbonyl (C=O) groups is 2. The number of nitrogens with zero attached hydrogens (tertiary/aromatic N) is 2. The van der Waals surface area contributed by atoms with Crippen molar-refractivity contribution < 1.29 is 9.59 Å². The smallest absolute Gasteiger partial charge is 0.233 e. The minimum atomic E-state index is -0.307. The summed E-state index contributed by atoms with van der Waals surface area (Å²) in [5.74, 6) is -0.528. The molecule has 2 rings (SSSR count). The van der Waals surface area contributed by atoms with Gasteiger partial charge in [-0.15, -0.1) is 0 Å². The number of benzene rings is 1. The fourth-order valence-electron chi connectivity index (χ4n) is 2.60. The first kappa shape index (κ1) is 17.7. The summed E-state index contributed by atoms with van der Waals surface area (Å²) in [4.78, 5) is 30.0. The summed E-state index contributed by atoms with van der Waals surface area (Å²) in [5, 5.41) is 2.79. The van der Waals surface area contributed by atoms with E-state index in [1.54, 1.807) is 24.3 Å². The fourth-order valence-corrected chi connectivity index (χ4v) is 2.60. The molecule has 126 valence electrons. The molecule has 2 aromatic rings. The molecule has 24 heavy (non-hydrogen) atoms. The van der Waals surface area contributed by atoms with Crippen molar-refractivity contribution in [1.82, 2.24) is 9.88 Å². The Hall–Kier alpha value is -2.69. The van der Waals surface area contributed by atoms with Gasteiger partial charge in [0.1, 0.15) is 6.42 Å². The molecule has 0 saturated heterocycles. The summed E-state index contributed by atoms with van der Waals surface area (Å²) in [6, 6.07) is 9.42. The number of aryl methyl sites for hydroxylation is 2. The van der Waals surface area contributed by atoms with Gasteiger partial charge in [0.2, 0.25) is 11.8 Å². The van der Waals surface area contributed by atoms with Crippen molar-refractivity contribution in [3.8, 4) is 0 Å². The molecule has 0 saturated carbocycles. The van der Waals surface area contributed by atoms with E-state index in [9.17, 15) is 9.59 Å². The van der Waals surface area contributed by atoms with Gasteiger partial charge in [-0.3, -0.25) is 14.6 Å². The lowest BCUT2D eigenvalue weighted by atomic mass is 10.1. The van der Waals surface area contributed by atoms with Crippen molar-refractivity contribution >= 4 is 17.5 Å². The number of nitrogens with one attached hydrogen (secondary N) is 1. The number of anilines is 1. The zero-order chi connectivity index (χ0) is 17.7. The summed E-state index contributed by atoms with van der Waals surface area (Å²) in [7, 11) is 1.71. The Morgan fingerprint density at radius 1 is 1.12 bits per heavy atom. The van der Waals surface area contributed by atoms with Crippen LogP contribution in [0.15, 0.2) is 42.7 Å². The van der Waals surface area contributed by atoms with Crippen molar-refractivity contribution in [3.05, 3.63) is 59.4 Å². The third-order valence-electron chi connectivity index (χ3n) is 3.98. The Morgan fingerprint density at radius 2 is 1.71 bits per heavy atom. The van der Waals surface area contributed by atoms with Gasteiger partial charge < -0.3 is 10.2 Å². The van der Waals surface area contributed by atoms with E-state index >= 15 is 0 Å². The van der Waals surface area contributed by atoms with Crippen LogP contribution in [0.3, 0.4) is 0 Å². The SMILES string of the molecule is Cc1cc(C)cc(NC(=O)CC(=O)N(C)[C@@H](C)c2ccncc2)c1. The molecule has 2 amide bonds. The first-order valence-corrected chi connectivity index (χ1v) is 7.90. The lowest BCUT2D eigenvalue weighted by molar-refractivity contribution is -0.135. The van der Waals surface area contributed by atoms with Gasteiger partial charge in [-0.05, 0) is 61.7 Å². The second-order valence-corrected chi connectivity index (χ2v) is 6.06. The van der Waals surface area contributed by atoms with Gasteiger partial charge in [-0.1, -0.05) is 6.07 Å². The highest BCUT2D eigenvalue weighted by Gasteiger charge is 2.20. The monoisotopic (exact) mass is 325 g/mol. The Bertz CT molecular complexity index is 708. The molecule has 0 unspecified atom stereocenters. The number of hydrogen-bond donors (Lipinski definition) is 1. The summed E-state index contributed by atoms with van der Waals surface area (Å²) >= 11 is 0. The highest BCUT2D eigenvalue weighted by atomic mass is 16.2. The minimum absolute atomic E-state index is 0.116. The second kappa shape index (κ2) is 7.73. The van der Waals surface area contributed by atoms with Crippen LogP contribution in [0.2, 0.25) is 0 Å². The van der Waals surface area contributed by atoms with Gasteiger partial charge in [-0.25, -0.2) is 0 Å². The molecular formula is C19H23N3O2. The third kappa shape index (κ3) is 4.65. The molecule has 5 heteroatoms. The molecule has 1 atom stereocenters. The molecule has 0 fully saturated rings. The van der Waals surface area contributed by atoms with E-state index in [0.717, 1.165) is 22.4 Å². The van der Waals surface area contributed by atoms with E-state index in [0.29, 0.717) is 0 Å². The number of pyridine rings is 1. The summed E-state index contributed by atoms with van der Waals surface area (Å²) in [6.07, 6.45) is 3.20. The van der Waals surface area contributed by atoms with Crippen LogP contribution >= 0.6 is 0 Å². The van der Waals surface area contributed by atoms with Crippen LogP contribution < -0.4 is 5.32 Å². The van der Waals surface area contributed by atoms with E-state index in [4.69, 9.17) is 0 Å². The Labute approximate surface area is 142 Å². The van der Waals surface area contributed by atoms with E-state index in [1.807, 2.05) is 51.1 Å². The number of rotatable bonds is 5. The minimum Gasteiger partial charge on any atom is -0.339 e. The normalized spacial score (nSPS) is 11.7. The van der Waals surface area contributed by atoms with Crippen molar-refractivity contribution in [2.75, 3.05) is 12.4 Å². The largest absolute Gasteiger partial charge is 0.339 e. The molecule has 0 spiro atoms. The maximum atomic E-state index is 12.3. The van der Waals surface area contributed by atoms with Crippen LogP contribution in [0.1, 0.15) is 36.1 Å². The van der Waals surface area contributed by atoms with Crippen LogP contribution in [-0.4, -0.2) is 28.7 Å². The average Bonchev–Trinajstić information content (AvgIpc) is 2.53. The van der Waals surface area contributed by atoms with Gasteiger partial charge in [0.15, 0.2) is 0 Å². The average molecular weight is 325 g/mol. The van der Waals surface area contributed by atoms with Gasteiger partial charge >= 0.3 is 0 Å². The molecule has 1 heterocycles. The Balaban J connectivity index is 1.96. The van der Waals surface area contributed by atoms with Crippen molar-refractivity contribution in [1.29, 1.82) is 0 Å². The highest BCUT2D eigenvalue weighted by molar-refractivity contribution is 6.03. The molecule has 1 N–H and O–H groups in total. The molecule has 1 aromatic carbocycles. The van der Waals surface area contributed by atoms with Crippen molar-refractivity contribution in [3.63, 3.8) is 0 Å². The maximum absolute atomic E-state index is 12.3. The zero-order valence-electron chi connectivity index (χ0n) is 14.5. The lowest BCUT2D eigenvalue weighted by Gasteiger charge is -2.25. The second-order valence-electron chi connectivity index (χ2n) is 6.06. The summed E-state index contributed by atoms with van der Waals surface area (Å²) < 4.78 is 0. The number of aromatic nitrogens is 1. The summed E-state index contributed by atoms with van der Waals surface area (Å²) in [5.41, 5.74) is 3.84. The van der Waals surface area contributed by atoms with Gasteiger partial charge in [0, 0.05) is 25.1 Å². The molecule has 0 aliphatic heterocycles. The van der Waals surface area contributed by atoms with Gasteiger partial charge in [0.05, 0.1) is 6.04 Å². The molecular weight excluding hydrogens is 302 g/mol. The van der Waals surface area contributed by atoms with E-state index in [-0.39, 0.29) is 24.3 Å². The van der Waals surface area contributed by atoms with Crippen molar-refractivity contribution in [2.45, 2.75) is 33.2 Å². The topological polar surface area (TPSA) is 62.3 Å². The lowest BCUT2D eigenvalue weighted by Crippen LogP contribution is -2.32. The van der Waals surface area contributed by atoms with Crippen molar-refractivity contribution in [2.24, 2.45) is 0 Å². The van der Waals surface area contributed by atoms with Crippen LogP contribution in [-0.2, 0) is 9.59 Å². The van der Waals surface area contributed by atoms with E-state index < -0.39 is 0 Å². The van der Waals surface area contributed by atoms with E-state index in [1.165, 1.54) is 0 Å². The van der Waals surface area contributed by atoms with E-state index in [2.05, 4.69) is 10.3 Å². The molecule has 0 radical (unpaired) electrons.